The maximum atomic E-state index is 5.61. The van der Waals surface area contributed by atoms with Crippen molar-refractivity contribution in [3.8, 4) is 17.2 Å². The van der Waals surface area contributed by atoms with E-state index in [9.17, 15) is 0 Å². The lowest BCUT2D eigenvalue weighted by molar-refractivity contribution is 0.323. The summed E-state index contributed by atoms with van der Waals surface area (Å²) in [6.07, 6.45) is 4.84. The summed E-state index contributed by atoms with van der Waals surface area (Å²) >= 11 is 9.29. The number of hydrogen-bond acceptors (Lipinski definition) is 4. The largest absolute Gasteiger partial charge is 0.493 e. The standard InChI is InChI=1S/C23H27BrO3S/c1-14-7-8-17(22(24)16(14)3)9-10-19(28)11-15(2)18-12-20(25-4)23(27-6)21(13-18)26-5/h7-10,12-13,15H,11H2,1-6H3/b10-9+. The van der Waals surface area contributed by atoms with E-state index >= 15 is 0 Å². The highest BCUT2D eigenvalue weighted by Crippen LogP contribution is 2.40. The first-order valence-corrected chi connectivity index (χ1v) is 10.3. The van der Waals surface area contributed by atoms with Crippen LogP contribution in [-0.4, -0.2) is 26.2 Å². The number of allylic oxidation sites excluding steroid dienone is 1. The predicted molar refractivity (Wildman–Crippen MR) is 124 cm³/mol. The molecule has 0 bridgehead atoms. The molecule has 0 aromatic heterocycles. The Morgan fingerprint density at radius 2 is 1.68 bits per heavy atom. The molecule has 0 heterocycles. The van der Waals surface area contributed by atoms with Crippen molar-refractivity contribution < 1.29 is 14.2 Å². The third-order valence-electron chi connectivity index (χ3n) is 4.90. The predicted octanol–water partition coefficient (Wildman–Crippen LogP) is 6.67. The quantitative estimate of drug-likeness (QED) is 0.323. The Labute approximate surface area is 181 Å². The van der Waals surface area contributed by atoms with E-state index in [1.807, 2.05) is 18.2 Å². The van der Waals surface area contributed by atoms with E-state index in [1.54, 1.807) is 21.3 Å². The summed E-state index contributed by atoms with van der Waals surface area (Å²) in [6, 6.07) is 8.20. The lowest BCUT2D eigenvalue weighted by Crippen LogP contribution is -2.03. The second kappa shape index (κ2) is 10.1. The summed E-state index contributed by atoms with van der Waals surface area (Å²) in [7, 11) is 4.86. The maximum absolute atomic E-state index is 5.61. The molecule has 1 unspecified atom stereocenters. The molecule has 0 radical (unpaired) electrons. The van der Waals surface area contributed by atoms with Gasteiger partial charge in [0.2, 0.25) is 5.75 Å². The highest BCUT2D eigenvalue weighted by molar-refractivity contribution is 9.10. The van der Waals surface area contributed by atoms with Crippen molar-refractivity contribution in [1.29, 1.82) is 0 Å². The minimum absolute atomic E-state index is 0.217. The first kappa shape index (κ1) is 22.4. The van der Waals surface area contributed by atoms with Gasteiger partial charge in [-0.3, -0.25) is 0 Å². The van der Waals surface area contributed by atoms with Crippen LogP contribution in [0.2, 0.25) is 0 Å². The van der Waals surface area contributed by atoms with Gasteiger partial charge in [-0.05, 0) is 82.6 Å². The molecule has 0 saturated heterocycles. The molecule has 150 valence electrons. The van der Waals surface area contributed by atoms with Crippen LogP contribution < -0.4 is 14.2 Å². The van der Waals surface area contributed by atoms with Crippen LogP contribution in [0.15, 0.2) is 34.8 Å². The summed E-state index contributed by atoms with van der Waals surface area (Å²) in [5.41, 5.74) is 4.74. The van der Waals surface area contributed by atoms with Gasteiger partial charge in [-0.25, -0.2) is 0 Å². The number of rotatable bonds is 8. The smallest absolute Gasteiger partial charge is 0.203 e. The van der Waals surface area contributed by atoms with Crippen LogP contribution >= 0.6 is 28.1 Å². The van der Waals surface area contributed by atoms with Crippen LogP contribution in [0.1, 0.15) is 41.5 Å². The zero-order valence-corrected chi connectivity index (χ0v) is 19.7. The van der Waals surface area contributed by atoms with Gasteiger partial charge in [-0.15, -0.1) is 0 Å². The lowest BCUT2D eigenvalue weighted by atomic mass is 9.95. The van der Waals surface area contributed by atoms with E-state index in [1.165, 1.54) is 11.1 Å². The molecule has 0 aliphatic heterocycles. The second-order valence-corrected chi connectivity index (χ2v) is 8.09. The third kappa shape index (κ3) is 5.15. The fraction of sp³-hybridized carbons (Fsp3) is 0.348. The summed E-state index contributed by atoms with van der Waals surface area (Å²) < 4.78 is 17.4. The lowest BCUT2D eigenvalue weighted by Gasteiger charge is -2.17. The van der Waals surface area contributed by atoms with Gasteiger partial charge in [0.15, 0.2) is 11.5 Å². The molecule has 5 heteroatoms. The molecule has 0 spiro atoms. The molecule has 3 nitrogen and oxygen atoms in total. The van der Waals surface area contributed by atoms with Gasteiger partial charge in [0.25, 0.3) is 0 Å². The number of thiocarbonyl (C=S) groups is 1. The molecule has 2 rings (SSSR count). The summed E-state index contributed by atoms with van der Waals surface area (Å²) in [4.78, 5) is 0.895. The molecule has 2 aromatic carbocycles. The number of halogens is 1. The Balaban J connectivity index is 2.17. The van der Waals surface area contributed by atoms with Crippen molar-refractivity contribution in [2.24, 2.45) is 0 Å². The van der Waals surface area contributed by atoms with E-state index < -0.39 is 0 Å². The average molecular weight is 463 g/mol. The van der Waals surface area contributed by atoms with E-state index in [-0.39, 0.29) is 5.92 Å². The van der Waals surface area contributed by atoms with Crippen molar-refractivity contribution in [3.05, 3.63) is 57.1 Å². The van der Waals surface area contributed by atoms with Crippen molar-refractivity contribution in [1.82, 2.24) is 0 Å². The number of methoxy groups -OCH3 is 3. The molecule has 0 N–H and O–H groups in total. The van der Waals surface area contributed by atoms with Gasteiger partial charge in [0.05, 0.1) is 21.3 Å². The monoisotopic (exact) mass is 462 g/mol. The fourth-order valence-electron chi connectivity index (χ4n) is 2.99. The third-order valence-corrected chi connectivity index (χ3v) is 6.25. The molecule has 0 saturated carbocycles. The number of benzene rings is 2. The number of hydrogen-bond donors (Lipinski definition) is 0. The van der Waals surface area contributed by atoms with Crippen molar-refractivity contribution in [2.45, 2.75) is 33.1 Å². The minimum atomic E-state index is 0.217. The Morgan fingerprint density at radius 1 is 1.07 bits per heavy atom. The molecule has 1 atom stereocenters. The molecular weight excluding hydrogens is 436 g/mol. The van der Waals surface area contributed by atoms with E-state index in [0.717, 1.165) is 26.9 Å². The number of aryl methyl sites for hydroxylation is 1. The van der Waals surface area contributed by atoms with Crippen LogP contribution in [0.4, 0.5) is 0 Å². The van der Waals surface area contributed by atoms with Gasteiger partial charge in [0, 0.05) is 9.34 Å². The van der Waals surface area contributed by atoms with Crippen LogP contribution in [0.3, 0.4) is 0 Å². The summed E-state index contributed by atoms with van der Waals surface area (Å²) in [5, 5.41) is 0. The molecule has 0 amide bonds. The Morgan fingerprint density at radius 3 is 2.21 bits per heavy atom. The van der Waals surface area contributed by atoms with Crippen LogP contribution in [0, 0.1) is 13.8 Å². The van der Waals surface area contributed by atoms with Gasteiger partial charge >= 0.3 is 0 Å². The average Bonchev–Trinajstić information content (AvgIpc) is 2.70. The van der Waals surface area contributed by atoms with Crippen LogP contribution in [-0.2, 0) is 0 Å². The van der Waals surface area contributed by atoms with Gasteiger partial charge < -0.3 is 14.2 Å². The maximum Gasteiger partial charge on any atom is 0.203 e. The van der Waals surface area contributed by atoms with Gasteiger partial charge in [-0.1, -0.05) is 37.4 Å². The van der Waals surface area contributed by atoms with Crippen LogP contribution in [0.5, 0.6) is 17.2 Å². The molecular formula is C23H27BrO3S. The molecule has 0 fully saturated rings. The Bertz CT molecular complexity index is 865. The zero-order valence-electron chi connectivity index (χ0n) is 17.3. The molecule has 0 aliphatic carbocycles. The normalized spacial score (nSPS) is 12.1. The highest BCUT2D eigenvalue weighted by Gasteiger charge is 2.17. The Hall–Kier alpha value is -1.85. The van der Waals surface area contributed by atoms with E-state index in [2.05, 4.69) is 54.9 Å². The van der Waals surface area contributed by atoms with Gasteiger partial charge in [-0.2, -0.15) is 0 Å². The number of ether oxygens (including phenoxy) is 3. The second-order valence-electron chi connectivity index (χ2n) is 6.77. The summed E-state index contributed by atoms with van der Waals surface area (Å²) in [5.74, 6) is 2.13. The topological polar surface area (TPSA) is 27.7 Å². The molecule has 28 heavy (non-hydrogen) atoms. The zero-order chi connectivity index (χ0) is 20.8. The van der Waals surface area contributed by atoms with E-state index in [4.69, 9.17) is 26.4 Å². The molecule has 2 aromatic rings. The van der Waals surface area contributed by atoms with Crippen molar-refractivity contribution in [3.63, 3.8) is 0 Å². The SMILES string of the molecule is COc1cc(C(C)CC(=S)/C=C/c2ccc(C)c(C)c2Br)cc(OC)c1OC. The summed E-state index contributed by atoms with van der Waals surface area (Å²) in [6.45, 7) is 6.37. The molecule has 0 aliphatic rings. The minimum Gasteiger partial charge on any atom is -0.493 e. The van der Waals surface area contributed by atoms with Gasteiger partial charge in [0.1, 0.15) is 0 Å². The van der Waals surface area contributed by atoms with E-state index in [0.29, 0.717) is 17.2 Å². The Kier molecular flexibility index (Phi) is 8.08. The van der Waals surface area contributed by atoms with Crippen molar-refractivity contribution in [2.75, 3.05) is 21.3 Å². The van der Waals surface area contributed by atoms with Crippen molar-refractivity contribution >= 4 is 39.1 Å². The van der Waals surface area contributed by atoms with Crippen LogP contribution in [0.25, 0.3) is 6.08 Å². The fourth-order valence-corrected chi connectivity index (χ4v) is 3.88. The first-order chi connectivity index (χ1) is 13.3. The highest BCUT2D eigenvalue weighted by atomic mass is 79.9. The first-order valence-electron chi connectivity index (χ1n) is 9.08.